The zero-order valence-corrected chi connectivity index (χ0v) is 33.9. The number of nitrogens with two attached hydrogens (primary N) is 1. The van der Waals surface area contributed by atoms with E-state index in [9.17, 15) is 9.59 Å². The monoisotopic (exact) mass is 804 g/mol. The molecule has 2 fully saturated rings. The van der Waals surface area contributed by atoms with Gasteiger partial charge in [0.1, 0.15) is 47.2 Å². The average Bonchev–Trinajstić information content (AvgIpc) is 4.07. The molecule has 1 unspecified atom stereocenters. The third kappa shape index (κ3) is 8.00. The maximum Gasteiger partial charge on any atom is 0.246 e. The first-order chi connectivity index (χ1) is 29.1. The molecule has 6 aromatic rings. The first-order valence-electron chi connectivity index (χ1n) is 19.6. The van der Waals surface area contributed by atoms with E-state index in [0.717, 1.165) is 28.0 Å². The molecular formula is C44H44N12O4. The summed E-state index contributed by atoms with van der Waals surface area (Å²) in [6.07, 6.45) is 5.80. The summed E-state index contributed by atoms with van der Waals surface area (Å²) in [4.78, 5) is 47.6. The van der Waals surface area contributed by atoms with E-state index in [-0.39, 0.29) is 36.1 Å². The number of nitrogens with zero attached hydrogens (tertiary/aromatic N) is 10. The number of fused-ring (bicyclic) bond motifs is 2. The summed E-state index contributed by atoms with van der Waals surface area (Å²) in [6, 6.07) is 11.3. The molecule has 2 aromatic carbocycles. The van der Waals surface area contributed by atoms with Crippen molar-refractivity contribution in [2.75, 3.05) is 58.0 Å². The van der Waals surface area contributed by atoms with E-state index >= 15 is 0 Å². The highest BCUT2D eigenvalue weighted by Gasteiger charge is 2.32. The minimum absolute atomic E-state index is 0.0173. The summed E-state index contributed by atoms with van der Waals surface area (Å²) >= 11 is 0. The Kier molecular flexibility index (Phi) is 11.0. The van der Waals surface area contributed by atoms with E-state index in [2.05, 4.69) is 55.5 Å². The maximum absolute atomic E-state index is 13.7. The number of carbonyl (C=O) groups is 2. The minimum atomic E-state index is -0.136. The Morgan fingerprint density at radius 2 is 1.33 bits per heavy atom. The average molecular weight is 805 g/mol. The normalized spacial score (nSPS) is 16.0. The van der Waals surface area contributed by atoms with E-state index in [0.29, 0.717) is 90.6 Å². The summed E-state index contributed by atoms with van der Waals surface area (Å²) in [5.74, 6) is 14.9. The number of rotatable bonds is 9. The van der Waals surface area contributed by atoms with Gasteiger partial charge in [-0.3, -0.25) is 9.59 Å². The van der Waals surface area contributed by atoms with Crippen molar-refractivity contribution in [1.29, 1.82) is 0 Å². The Labute approximate surface area is 346 Å². The lowest BCUT2D eigenvalue weighted by Gasteiger charge is -2.17. The van der Waals surface area contributed by atoms with Gasteiger partial charge in [-0.2, -0.15) is 10.2 Å². The lowest BCUT2D eigenvalue weighted by atomic mass is 10.1. The Hall–Kier alpha value is -7.46. The van der Waals surface area contributed by atoms with Crippen molar-refractivity contribution in [3.05, 3.63) is 95.3 Å². The summed E-state index contributed by atoms with van der Waals surface area (Å²) in [6.45, 7) is 9.96. The van der Waals surface area contributed by atoms with Gasteiger partial charge in [0.25, 0.3) is 0 Å². The summed E-state index contributed by atoms with van der Waals surface area (Å²) < 4.78 is 14.5. The van der Waals surface area contributed by atoms with E-state index in [1.807, 2.05) is 64.5 Å². The van der Waals surface area contributed by atoms with Crippen molar-refractivity contribution in [2.24, 2.45) is 0 Å². The molecule has 2 aliphatic rings. The van der Waals surface area contributed by atoms with Gasteiger partial charge < -0.3 is 30.3 Å². The summed E-state index contributed by atoms with van der Waals surface area (Å²) in [5, 5.41) is 14.4. The number of ether oxygens (including phenoxy) is 2. The molecule has 3 N–H and O–H groups in total. The van der Waals surface area contributed by atoms with Crippen molar-refractivity contribution in [2.45, 2.75) is 45.2 Å². The predicted octanol–water partition coefficient (Wildman–Crippen LogP) is 4.22. The fourth-order valence-electron chi connectivity index (χ4n) is 7.81. The SMILES string of the molecule is C=CC(=O)N1CCC(n2nc(C#Cc3cc(C)cc(OC)c3)c3c(NCCC(=O)N4CC[C@H](n5nc(C#Cc6cc(C)cc(OC)c6)c6c(N)ncnc65)C4)ncnc32)C1. The number of nitrogens with one attached hydrogen (secondary N) is 1. The van der Waals surface area contributed by atoms with Crippen LogP contribution in [-0.4, -0.2) is 108 Å². The molecule has 0 aliphatic carbocycles. The Morgan fingerprint density at radius 1 is 0.783 bits per heavy atom. The van der Waals surface area contributed by atoms with Gasteiger partial charge in [0.2, 0.25) is 11.8 Å². The molecule has 0 radical (unpaired) electrons. The van der Waals surface area contributed by atoms with Crippen LogP contribution in [0.5, 0.6) is 11.5 Å². The zero-order valence-electron chi connectivity index (χ0n) is 33.9. The van der Waals surface area contributed by atoms with Crippen molar-refractivity contribution in [3.63, 3.8) is 0 Å². The van der Waals surface area contributed by atoms with Crippen molar-refractivity contribution >= 4 is 45.5 Å². The quantitative estimate of drug-likeness (QED) is 0.157. The number of aromatic nitrogens is 8. The van der Waals surface area contributed by atoms with Crippen LogP contribution in [0.1, 0.15) is 65.0 Å². The van der Waals surface area contributed by atoms with E-state index in [4.69, 9.17) is 25.4 Å². The molecule has 2 atom stereocenters. The summed E-state index contributed by atoms with van der Waals surface area (Å²) in [5.41, 5.74) is 12.0. The molecule has 16 heteroatoms. The van der Waals surface area contributed by atoms with Crippen LogP contribution in [-0.2, 0) is 9.59 Å². The number of likely N-dealkylation sites (tertiary alicyclic amines) is 2. The number of carbonyl (C=O) groups excluding carboxylic acids is 2. The molecule has 6 heterocycles. The van der Waals surface area contributed by atoms with Crippen LogP contribution in [0.2, 0.25) is 0 Å². The highest BCUT2D eigenvalue weighted by Crippen LogP contribution is 2.31. The standard InChI is InChI=1S/C44H44N12O4/c1-6-37(57)53-15-12-31(23-53)56-44-40(36(52-56)10-8-30-18-28(3)20-34(22-30)60-5)42(48-26-50-44)46-14-11-38(58)54-16-13-32(24-54)55-43-39(41(45)47-25-49-43)35(51-55)9-7-29-17-27(2)19-33(21-29)59-4/h6,17-22,25-26,31-32H,1,11-16,23-24H2,2-5H3,(H2,45,47,49)(H,46,48,50)/t31?,32-/m0/s1. The van der Waals surface area contributed by atoms with Crippen molar-refractivity contribution < 1.29 is 19.1 Å². The number of aryl methyl sites for hydroxylation is 2. The molecule has 0 spiro atoms. The van der Waals surface area contributed by atoms with Crippen LogP contribution in [0.25, 0.3) is 22.1 Å². The van der Waals surface area contributed by atoms with Gasteiger partial charge in [-0.1, -0.05) is 18.4 Å². The van der Waals surface area contributed by atoms with Crippen LogP contribution in [0.15, 0.2) is 61.7 Å². The van der Waals surface area contributed by atoms with Gasteiger partial charge in [-0.25, -0.2) is 29.3 Å². The zero-order chi connectivity index (χ0) is 41.9. The topological polar surface area (TPSA) is 184 Å². The van der Waals surface area contributed by atoms with Crippen LogP contribution in [0, 0.1) is 37.5 Å². The van der Waals surface area contributed by atoms with Gasteiger partial charge in [0.05, 0.1) is 37.1 Å². The van der Waals surface area contributed by atoms with E-state index < -0.39 is 0 Å². The molecule has 0 bridgehead atoms. The molecule has 0 saturated carbocycles. The second-order valence-electron chi connectivity index (χ2n) is 14.8. The molecule has 60 heavy (non-hydrogen) atoms. The molecule has 4 aromatic heterocycles. The number of benzene rings is 2. The van der Waals surface area contributed by atoms with Gasteiger partial charge >= 0.3 is 0 Å². The summed E-state index contributed by atoms with van der Waals surface area (Å²) in [7, 11) is 3.24. The minimum Gasteiger partial charge on any atom is -0.497 e. The van der Waals surface area contributed by atoms with Gasteiger partial charge in [-0.05, 0) is 92.1 Å². The van der Waals surface area contributed by atoms with Gasteiger partial charge in [0.15, 0.2) is 11.3 Å². The largest absolute Gasteiger partial charge is 0.497 e. The highest BCUT2D eigenvalue weighted by molar-refractivity contribution is 5.93. The molecule has 8 rings (SSSR count). The fourth-order valence-corrected chi connectivity index (χ4v) is 7.81. The predicted molar refractivity (Wildman–Crippen MR) is 226 cm³/mol. The van der Waals surface area contributed by atoms with Crippen LogP contribution < -0.4 is 20.5 Å². The van der Waals surface area contributed by atoms with Gasteiger partial charge in [0, 0.05) is 50.3 Å². The van der Waals surface area contributed by atoms with E-state index in [1.54, 1.807) is 19.1 Å². The number of anilines is 2. The number of methoxy groups -OCH3 is 2. The first kappa shape index (κ1) is 39.4. The third-order valence-electron chi connectivity index (χ3n) is 10.7. The molecular weight excluding hydrogens is 761 g/mol. The number of hydrogen-bond donors (Lipinski definition) is 2. The van der Waals surface area contributed by atoms with Crippen LogP contribution in [0.3, 0.4) is 0 Å². The van der Waals surface area contributed by atoms with Crippen molar-refractivity contribution in [3.8, 4) is 35.2 Å². The smallest absolute Gasteiger partial charge is 0.246 e. The van der Waals surface area contributed by atoms with Gasteiger partial charge in [-0.15, -0.1) is 0 Å². The molecule has 304 valence electrons. The number of nitrogen functional groups attached to an aromatic ring is 1. The lowest BCUT2D eigenvalue weighted by Crippen LogP contribution is -2.30. The fraction of sp³-hybridized carbons (Fsp3) is 0.318. The molecule has 16 nitrogen and oxygen atoms in total. The van der Waals surface area contributed by atoms with Crippen LogP contribution >= 0.6 is 0 Å². The second kappa shape index (κ2) is 16.8. The Morgan fingerprint density at radius 3 is 1.93 bits per heavy atom. The lowest BCUT2D eigenvalue weighted by molar-refractivity contribution is -0.130. The molecule has 2 amide bonds. The highest BCUT2D eigenvalue weighted by atomic mass is 16.5. The Bertz CT molecular complexity index is 2790. The number of amides is 2. The third-order valence-corrected chi connectivity index (χ3v) is 10.7. The van der Waals surface area contributed by atoms with E-state index in [1.165, 1.54) is 18.7 Å². The van der Waals surface area contributed by atoms with Crippen LogP contribution in [0.4, 0.5) is 11.6 Å². The first-order valence-corrected chi connectivity index (χ1v) is 19.6. The number of hydrogen-bond acceptors (Lipinski definition) is 12. The van der Waals surface area contributed by atoms with Crippen molar-refractivity contribution in [1.82, 2.24) is 49.3 Å². The maximum atomic E-state index is 13.7. The second-order valence-corrected chi connectivity index (χ2v) is 14.8. The molecule has 2 saturated heterocycles. The molecule has 2 aliphatic heterocycles. The Balaban J connectivity index is 1.00.